The fourth-order valence-electron chi connectivity index (χ4n) is 3.04. The second-order valence-electron chi connectivity index (χ2n) is 6.34. The van der Waals surface area contributed by atoms with Gasteiger partial charge in [-0.2, -0.15) is 0 Å². The number of nitrogens with zero attached hydrogens (tertiary/aromatic N) is 1. The molecule has 0 aliphatic heterocycles. The van der Waals surface area contributed by atoms with Crippen LogP contribution in [0.4, 0.5) is 0 Å². The zero-order valence-corrected chi connectivity index (χ0v) is 14.6. The number of carboxylic acid groups (broad SMARTS) is 1. The van der Waals surface area contributed by atoms with Crippen LogP contribution in [0.1, 0.15) is 35.7 Å². The number of aliphatic carboxylic acids is 1. The standard InChI is InChI=1S/C18H25N3O4/c1-3-21(11-17(23)24)14-8-13(9-14)20-16(22)10-19-18(25)15-7-5-4-6-12(15)2/h4-7,13-14H,3,8-11H2,1-2H3,(H,19,25)(H,20,22)(H,23,24). The number of aryl methyl sites for hydroxylation is 1. The molecule has 136 valence electrons. The number of nitrogens with one attached hydrogen (secondary N) is 2. The third-order valence-electron chi connectivity index (χ3n) is 4.54. The van der Waals surface area contributed by atoms with Crippen LogP contribution in [-0.2, 0) is 9.59 Å². The molecule has 1 aliphatic carbocycles. The number of benzene rings is 1. The van der Waals surface area contributed by atoms with Crippen LogP contribution in [-0.4, -0.2) is 59.5 Å². The minimum absolute atomic E-state index is 0.0221. The zero-order valence-electron chi connectivity index (χ0n) is 14.6. The molecule has 1 aromatic carbocycles. The summed E-state index contributed by atoms with van der Waals surface area (Å²) in [6.45, 7) is 4.40. The maximum absolute atomic E-state index is 12.1. The summed E-state index contributed by atoms with van der Waals surface area (Å²) in [5.41, 5.74) is 1.42. The molecule has 7 nitrogen and oxygen atoms in total. The Morgan fingerprint density at radius 2 is 1.92 bits per heavy atom. The van der Waals surface area contributed by atoms with Gasteiger partial charge in [-0.1, -0.05) is 25.1 Å². The molecule has 0 heterocycles. The highest BCUT2D eigenvalue weighted by atomic mass is 16.4. The van der Waals surface area contributed by atoms with Gasteiger partial charge in [-0.3, -0.25) is 19.3 Å². The highest BCUT2D eigenvalue weighted by Crippen LogP contribution is 2.25. The Labute approximate surface area is 147 Å². The fraction of sp³-hybridized carbons (Fsp3) is 0.500. The van der Waals surface area contributed by atoms with Gasteiger partial charge in [0.15, 0.2) is 0 Å². The second kappa shape index (κ2) is 8.62. The van der Waals surface area contributed by atoms with Crippen LogP contribution in [0, 0.1) is 6.92 Å². The number of rotatable bonds is 8. The lowest BCUT2D eigenvalue weighted by Gasteiger charge is -2.42. The number of amides is 2. The Morgan fingerprint density at radius 3 is 2.52 bits per heavy atom. The van der Waals surface area contributed by atoms with Gasteiger partial charge in [-0.15, -0.1) is 0 Å². The van der Waals surface area contributed by atoms with Crippen molar-refractivity contribution in [1.29, 1.82) is 0 Å². The molecule has 0 atom stereocenters. The van der Waals surface area contributed by atoms with Crippen LogP contribution in [0.25, 0.3) is 0 Å². The summed E-state index contributed by atoms with van der Waals surface area (Å²) in [6, 6.07) is 7.44. The first-order valence-electron chi connectivity index (χ1n) is 8.49. The summed E-state index contributed by atoms with van der Waals surface area (Å²) < 4.78 is 0. The van der Waals surface area contributed by atoms with Gasteiger partial charge in [0.2, 0.25) is 5.91 Å². The average Bonchev–Trinajstić information content (AvgIpc) is 2.54. The Kier molecular flexibility index (Phi) is 6.52. The van der Waals surface area contributed by atoms with Crippen LogP contribution in [0.2, 0.25) is 0 Å². The van der Waals surface area contributed by atoms with Crippen molar-refractivity contribution >= 4 is 17.8 Å². The highest BCUT2D eigenvalue weighted by Gasteiger charge is 2.34. The van der Waals surface area contributed by atoms with E-state index in [1.807, 2.05) is 30.9 Å². The van der Waals surface area contributed by atoms with E-state index in [1.165, 1.54) is 0 Å². The summed E-state index contributed by atoms with van der Waals surface area (Å²) in [4.78, 5) is 36.7. The molecule has 1 aliphatic rings. The summed E-state index contributed by atoms with van der Waals surface area (Å²) in [7, 11) is 0. The number of carboxylic acids is 1. The molecule has 1 aromatic rings. The van der Waals surface area contributed by atoms with Gasteiger partial charge in [-0.25, -0.2) is 0 Å². The predicted octanol–water partition coefficient (Wildman–Crippen LogP) is 0.779. The first-order valence-corrected chi connectivity index (χ1v) is 8.49. The van der Waals surface area contributed by atoms with Gasteiger partial charge < -0.3 is 15.7 Å². The SMILES string of the molecule is CCN(CC(=O)O)C1CC(NC(=O)CNC(=O)c2ccccc2C)C1. The Balaban J connectivity index is 1.71. The van der Waals surface area contributed by atoms with Gasteiger partial charge >= 0.3 is 5.97 Å². The lowest BCUT2D eigenvalue weighted by Crippen LogP contribution is -2.55. The maximum Gasteiger partial charge on any atom is 0.317 e. The molecule has 0 radical (unpaired) electrons. The van der Waals surface area contributed by atoms with Crippen molar-refractivity contribution in [3.05, 3.63) is 35.4 Å². The van der Waals surface area contributed by atoms with Crippen LogP contribution in [0.3, 0.4) is 0 Å². The van der Waals surface area contributed by atoms with Gasteiger partial charge in [0.05, 0.1) is 13.1 Å². The maximum atomic E-state index is 12.1. The molecule has 7 heteroatoms. The van der Waals surface area contributed by atoms with Gasteiger partial charge in [0.25, 0.3) is 5.91 Å². The Bertz CT molecular complexity index is 641. The first-order chi connectivity index (χ1) is 11.9. The molecule has 1 saturated carbocycles. The van der Waals surface area contributed by atoms with Gasteiger partial charge in [-0.05, 0) is 37.9 Å². The largest absolute Gasteiger partial charge is 0.480 e. The van der Waals surface area contributed by atoms with Crippen LogP contribution >= 0.6 is 0 Å². The molecular weight excluding hydrogens is 322 g/mol. The molecule has 0 bridgehead atoms. The van der Waals surface area contributed by atoms with E-state index < -0.39 is 5.97 Å². The van der Waals surface area contributed by atoms with E-state index >= 15 is 0 Å². The Morgan fingerprint density at radius 1 is 1.24 bits per heavy atom. The lowest BCUT2D eigenvalue weighted by atomic mass is 9.85. The molecule has 2 rings (SSSR count). The third-order valence-corrected chi connectivity index (χ3v) is 4.54. The van der Waals surface area contributed by atoms with Crippen LogP contribution in [0.15, 0.2) is 24.3 Å². The number of carbonyl (C=O) groups is 3. The van der Waals surface area contributed by atoms with Crippen molar-refractivity contribution in [1.82, 2.24) is 15.5 Å². The van der Waals surface area contributed by atoms with E-state index in [4.69, 9.17) is 5.11 Å². The third kappa shape index (κ3) is 5.29. The minimum atomic E-state index is -0.840. The number of hydrogen-bond acceptors (Lipinski definition) is 4. The van der Waals surface area contributed by atoms with E-state index in [0.717, 1.165) is 18.4 Å². The van der Waals surface area contributed by atoms with Crippen molar-refractivity contribution in [3.8, 4) is 0 Å². The highest BCUT2D eigenvalue weighted by molar-refractivity contribution is 5.97. The zero-order chi connectivity index (χ0) is 18.4. The van der Waals surface area contributed by atoms with Crippen LogP contribution in [0.5, 0.6) is 0 Å². The second-order valence-corrected chi connectivity index (χ2v) is 6.34. The van der Waals surface area contributed by atoms with Crippen molar-refractivity contribution in [2.24, 2.45) is 0 Å². The monoisotopic (exact) mass is 347 g/mol. The van der Waals surface area contributed by atoms with E-state index in [0.29, 0.717) is 12.1 Å². The molecule has 25 heavy (non-hydrogen) atoms. The molecule has 1 fully saturated rings. The Hall–Kier alpha value is -2.41. The predicted molar refractivity (Wildman–Crippen MR) is 93.3 cm³/mol. The van der Waals surface area contributed by atoms with Crippen LogP contribution < -0.4 is 10.6 Å². The smallest absolute Gasteiger partial charge is 0.317 e. The van der Waals surface area contributed by atoms with Crippen molar-refractivity contribution in [2.45, 2.75) is 38.8 Å². The minimum Gasteiger partial charge on any atom is -0.480 e. The van der Waals surface area contributed by atoms with Crippen molar-refractivity contribution in [3.63, 3.8) is 0 Å². The summed E-state index contributed by atoms with van der Waals surface area (Å²) in [6.07, 6.45) is 1.47. The summed E-state index contributed by atoms with van der Waals surface area (Å²) >= 11 is 0. The fourth-order valence-corrected chi connectivity index (χ4v) is 3.04. The first kappa shape index (κ1) is 18.9. The van der Waals surface area contributed by atoms with E-state index in [2.05, 4.69) is 10.6 Å². The average molecular weight is 347 g/mol. The van der Waals surface area contributed by atoms with Gasteiger partial charge in [0.1, 0.15) is 0 Å². The van der Waals surface area contributed by atoms with Crippen molar-refractivity contribution in [2.75, 3.05) is 19.6 Å². The van der Waals surface area contributed by atoms with Crippen molar-refractivity contribution < 1.29 is 19.5 Å². The van der Waals surface area contributed by atoms with E-state index in [1.54, 1.807) is 12.1 Å². The summed E-state index contributed by atoms with van der Waals surface area (Å²) in [5, 5.41) is 14.4. The number of carbonyl (C=O) groups excluding carboxylic acids is 2. The molecule has 0 aromatic heterocycles. The topological polar surface area (TPSA) is 98.7 Å². The molecule has 0 spiro atoms. The molecule has 3 N–H and O–H groups in total. The molecular formula is C18H25N3O4. The van der Waals surface area contributed by atoms with Gasteiger partial charge in [0, 0.05) is 17.6 Å². The number of likely N-dealkylation sites (N-methyl/N-ethyl adjacent to an activating group) is 1. The normalized spacial score (nSPS) is 19.2. The van der Waals surface area contributed by atoms with E-state index in [-0.39, 0.29) is 37.0 Å². The quantitative estimate of drug-likeness (QED) is 0.645. The summed E-state index contributed by atoms with van der Waals surface area (Å²) in [5.74, 6) is -1.33. The van der Waals surface area contributed by atoms with E-state index in [9.17, 15) is 14.4 Å². The lowest BCUT2D eigenvalue weighted by molar-refractivity contribution is -0.139. The number of hydrogen-bond donors (Lipinski definition) is 3. The molecule has 0 saturated heterocycles. The molecule has 2 amide bonds. The molecule has 0 unspecified atom stereocenters.